The Hall–Kier alpha value is -2.49. The van der Waals surface area contributed by atoms with Gasteiger partial charge in [0.2, 0.25) is 0 Å². The Bertz CT molecular complexity index is 914. The molecule has 0 spiro atoms. The number of aliphatic imine (C=N–C) groups is 1. The number of fused-ring (bicyclic) bond motifs is 2. The van der Waals surface area contributed by atoms with Gasteiger partial charge in [-0.05, 0) is 55.0 Å². The van der Waals surface area contributed by atoms with Crippen LogP contribution in [0, 0.1) is 0 Å². The van der Waals surface area contributed by atoms with Crippen LogP contribution in [0.3, 0.4) is 0 Å². The highest BCUT2D eigenvalue weighted by Crippen LogP contribution is 2.31. The van der Waals surface area contributed by atoms with Crippen LogP contribution in [0.4, 0.5) is 0 Å². The maximum Gasteiger partial charge on any atom is 0.146 e. The first-order valence-corrected chi connectivity index (χ1v) is 11.7. The molecular weight excluding hydrogens is 370 g/mol. The molecule has 2 aliphatic rings. The lowest BCUT2D eigenvalue weighted by Gasteiger charge is -2.12. The van der Waals surface area contributed by atoms with E-state index in [0.29, 0.717) is 5.92 Å². The minimum absolute atomic E-state index is 0.549. The molecule has 1 aliphatic heterocycles. The highest BCUT2D eigenvalue weighted by atomic mass is 16.5. The topological polar surface area (TPSA) is 53.2 Å². The van der Waals surface area contributed by atoms with Crippen molar-refractivity contribution in [3.8, 4) is 0 Å². The van der Waals surface area contributed by atoms with Gasteiger partial charge in [0.05, 0.1) is 18.5 Å². The fourth-order valence-electron chi connectivity index (χ4n) is 4.64. The van der Waals surface area contributed by atoms with Crippen LogP contribution in [0.25, 0.3) is 6.08 Å². The smallest absolute Gasteiger partial charge is 0.146 e. The van der Waals surface area contributed by atoms with E-state index < -0.39 is 0 Å². The molecule has 30 heavy (non-hydrogen) atoms. The Balaban J connectivity index is 1.63. The van der Waals surface area contributed by atoms with E-state index in [0.717, 1.165) is 29.3 Å². The van der Waals surface area contributed by atoms with Crippen LogP contribution in [0.5, 0.6) is 0 Å². The summed E-state index contributed by atoms with van der Waals surface area (Å²) in [7, 11) is 1.72. The van der Waals surface area contributed by atoms with Gasteiger partial charge >= 0.3 is 0 Å². The number of nitrogens with one attached hydrogen (secondary N) is 2. The van der Waals surface area contributed by atoms with Crippen molar-refractivity contribution >= 4 is 11.8 Å². The second-order valence-corrected chi connectivity index (χ2v) is 8.75. The van der Waals surface area contributed by atoms with Gasteiger partial charge in [0.15, 0.2) is 0 Å². The fraction of sp³-hybridized carbons (Fsp3) is 0.500. The summed E-state index contributed by atoms with van der Waals surface area (Å²) in [6, 6.07) is 6.44. The summed E-state index contributed by atoms with van der Waals surface area (Å²) in [5, 5.41) is 0. The molecule has 4 rings (SSSR count). The lowest BCUT2D eigenvalue weighted by atomic mass is 9.93. The van der Waals surface area contributed by atoms with Crippen LogP contribution < -0.4 is 0 Å². The third-order valence-electron chi connectivity index (χ3n) is 6.44. The van der Waals surface area contributed by atoms with Crippen LogP contribution in [0.15, 0.2) is 46.9 Å². The Morgan fingerprint density at radius 3 is 2.57 bits per heavy atom. The second-order valence-electron chi connectivity index (χ2n) is 8.75. The van der Waals surface area contributed by atoms with Crippen molar-refractivity contribution in [2.75, 3.05) is 7.11 Å². The number of methoxy groups -OCH3 is 1. The third kappa shape index (κ3) is 4.97. The zero-order chi connectivity index (χ0) is 20.8. The van der Waals surface area contributed by atoms with Crippen molar-refractivity contribution in [1.29, 1.82) is 0 Å². The van der Waals surface area contributed by atoms with E-state index in [1.807, 2.05) is 24.4 Å². The molecular formula is C26H35N3O. The third-order valence-corrected chi connectivity index (χ3v) is 6.44. The van der Waals surface area contributed by atoms with E-state index in [9.17, 15) is 0 Å². The standard InChI is InChI=1S/C26H35N3O/c1-19-12-9-7-5-3-4-6-8-10-13-20-16-21(19)23(28-20)17-25-26(30-2)18-24(29-25)22-14-11-15-27-22/h11,14-19,27-28H,3-10,12-13H2,1-2H3. The number of H-pyrrole nitrogens is 2. The van der Waals surface area contributed by atoms with E-state index in [1.54, 1.807) is 7.11 Å². The Morgan fingerprint density at radius 2 is 1.83 bits per heavy atom. The van der Waals surface area contributed by atoms with Crippen molar-refractivity contribution in [2.24, 2.45) is 4.99 Å². The Kier molecular flexibility index (Phi) is 6.93. The molecule has 4 heteroatoms. The maximum absolute atomic E-state index is 5.65. The zero-order valence-electron chi connectivity index (χ0n) is 18.5. The molecule has 2 aromatic heterocycles. The van der Waals surface area contributed by atoms with Gasteiger partial charge in [-0.1, -0.05) is 51.9 Å². The van der Waals surface area contributed by atoms with E-state index in [-0.39, 0.29) is 0 Å². The summed E-state index contributed by atoms with van der Waals surface area (Å²) in [6.07, 6.45) is 19.3. The van der Waals surface area contributed by atoms with Crippen molar-refractivity contribution in [3.05, 3.63) is 64.6 Å². The van der Waals surface area contributed by atoms with Crippen molar-refractivity contribution in [1.82, 2.24) is 9.97 Å². The fourth-order valence-corrected chi connectivity index (χ4v) is 4.64. The van der Waals surface area contributed by atoms with Crippen molar-refractivity contribution in [2.45, 2.75) is 77.0 Å². The monoisotopic (exact) mass is 405 g/mol. The van der Waals surface area contributed by atoms with Crippen LogP contribution in [0.1, 0.15) is 93.3 Å². The molecule has 160 valence electrons. The van der Waals surface area contributed by atoms with E-state index in [4.69, 9.17) is 9.73 Å². The summed E-state index contributed by atoms with van der Waals surface area (Å²) < 4.78 is 5.65. The lowest BCUT2D eigenvalue weighted by Crippen LogP contribution is -1.96. The molecule has 3 heterocycles. The number of hydrogen-bond donors (Lipinski definition) is 2. The first kappa shape index (κ1) is 20.8. The summed E-state index contributed by atoms with van der Waals surface area (Å²) in [5.74, 6) is 1.37. The largest absolute Gasteiger partial charge is 0.494 e. The molecule has 0 radical (unpaired) electrons. The quantitative estimate of drug-likeness (QED) is 0.574. The Morgan fingerprint density at radius 1 is 1.07 bits per heavy atom. The molecule has 1 atom stereocenters. The number of aromatic amines is 2. The van der Waals surface area contributed by atoms with E-state index in [1.165, 1.54) is 74.7 Å². The van der Waals surface area contributed by atoms with Gasteiger partial charge in [0.1, 0.15) is 11.5 Å². The molecule has 0 saturated heterocycles. The molecule has 0 aromatic carbocycles. The Labute approximate surface area is 180 Å². The van der Waals surface area contributed by atoms with Gasteiger partial charge in [-0.15, -0.1) is 0 Å². The number of allylic oxidation sites excluding steroid dienone is 1. The van der Waals surface area contributed by atoms with E-state index >= 15 is 0 Å². The first-order valence-electron chi connectivity index (χ1n) is 11.7. The average Bonchev–Trinajstić information content (AvgIpc) is 3.48. The summed E-state index contributed by atoms with van der Waals surface area (Å²) in [6.45, 7) is 2.37. The van der Waals surface area contributed by atoms with Gasteiger partial charge in [0, 0.05) is 23.7 Å². The second kappa shape index (κ2) is 10.0. The van der Waals surface area contributed by atoms with Crippen LogP contribution in [-0.2, 0) is 11.2 Å². The lowest BCUT2D eigenvalue weighted by molar-refractivity contribution is 0.303. The first-order chi connectivity index (χ1) is 14.7. The predicted molar refractivity (Wildman–Crippen MR) is 125 cm³/mol. The number of ether oxygens (including phenoxy) is 1. The average molecular weight is 406 g/mol. The zero-order valence-corrected chi connectivity index (χ0v) is 18.5. The number of aryl methyl sites for hydroxylation is 1. The number of aromatic nitrogens is 2. The van der Waals surface area contributed by atoms with Crippen LogP contribution in [0.2, 0.25) is 0 Å². The van der Waals surface area contributed by atoms with Crippen molar-refractivity contribution < 1.29 is 4.74 Å². The van der Waals surface area contributed by atoms with Gasteiger partial charge in [0.25, 0.3) is 0 Å². The highest BCUT2D eigenvalue weighted by Gasteiger charge is 2.20. The molecule has 2 aromatic rings. The predicted octanol–water partition coefficient (Wildman–Crippen LogP) is 6.89. The van der Waals surface area contributed by atoms with Gasteiger partial charge < -0.3 is 14.7 Å². The molecule has 2 bridgehead atoms. The maximum atomic E-state index is 5.65. The summed E-state index contributed by atoms with van der Waals surface area (Å²) in [4.78, 5) is 11.8. The molecule has 0 amide bonds. The van der Waals surface area contributed by atoms with Crippen LogP contribution >= 0.6 is 0 Å². The normalized spacial score (nSPS) is 22.5. The molecule has 0 fully saturated rings. The van der Waals surface area contributed by atoms with Gasteiger partial charge in [-0.2, -0.15) is 0 Å². The minimum atomic E-state index is 0.549. The molecule has 2 N–H and O–H groups in total. The number of hydrogen-bond acceptors (Lipinski definition) is 2. The number of rotatable bonds is 3. The molecule has 0 saturated carbocycles. The number of nitrogens with zero attached hydrogens (tertiary/aromatic N) is 1. The van der Waals surface area contributed by atoms with Crippen LogP contribution in [-0.4, -0.2) is 22.8 Å². The molecule has 1 aliphatic carbocycles. The SMILES string of the molecule is COC1=CC(c2ccc[nH]2)=NC1=Cc1[nH]c2cc1C(C)CCCCCCCCCC2. The van der Waals surface area contributed by atoms with Gasteiger partial charge in [-0.25, -0.2) is 4.99 Å². The molecule has 1 unspecified atom stereocenters. The van der Waals surface area contributed by atoms with Gasteiger partial charge in [-0.3, -0.25) is 0 Å². The minimum Gasteiger partial charge on any atom is -0.494 e. The molecule has 4 nitrogen and oxygen atoms in total. The summed E-state index contributed by atoms with van der Waals surface area (Å²) in [5.41, 5.74) is 6.80. The summed E-state index contributed by atoms with van der Waals surface area (Å²) >= 11 is 0. The highest BCUT2D eigenvalue weighted by molar-refractivity contribution is 6.11. The van der Waals surface area contributed by atoms with Crippen molar-refractivity contribution in [3.63, 3.8) is 0 Å². The van der Waals surface area contributed by atoms with E-state index in [2.05, 4.69) is 29.0 Å².